The maximum absolute atomic E-state index is 12.4. The number of hydrogen-bond acceptors (Lipinski definition) is 5. The summed E-state index contributed by atoms with van der Waals surface area (Å²) in [5.74, 6) is 1.67. The van der Waals surface area contributed by atoms with Crippen molar-refractivity contribution in [3.63, 3.8) is 0 Å². The van der Waals surface area contributed by atoms with Gasteiger partial charge in [0.05, 0.1) is 17.8 Å². The van der Waals surface area contributed by atoms with Gasteiger partial charge < -0.3 is 23.7 Å². The molecular formula is C24H28N2O4. The zero-order valence-corrected chi connectivity index (χ0v) is 17.5. The number of methoxy groups -OCH3 is 1. The van der Waals surface area contributed by atoms with Crippen LogP contribution < -0.4 is 19.9 Å². The summed E-state index contributed by atoms with van der Waals surface area (Å²) in [6.45, 7) is 2.83. The average Bonchev–Trinajstić information content (AvgIpc) is 2.78. The van der Waals surface area contributed by atoms with Gasteiger partial charge in [-0.1, -0.05) is 18.2 Å². The molecule has 0 spiro atoms. The van der Waals surface area contributed by atoms with Crippen molar-refractivity contribution in [2.24, 2.45) is 7.05 Å². The van der Waals surface area contributed by atoms with Crippen LogP contribution in [0.3, 0.4) is 0 Å². The van der Waals surface area contributed by atoms with E-state index < -0.39 is 0 Å². The van der Waals surface area contributed by atoms with Gasteiger partial charge in [0.15, 0.2) is 0 Å². The Bertz CT molecular complexity index is 1040. The number of hydrogen-bond donors (Lipinski definition) is 0. The smallest absolute Gasteiger partial charge is 0.252 e. The van der Waals surface area contributed by atoms with E-state index in [4.69, 9.17) is 14.2 Å². The Labute approximate surface area is 176 Å². The van der Waals surface area contributed by atoms with E-state index in [1.165, 1.54) is 0 Å². The first-order chi connectivity index (χ1) is 14.7. The molecule has 0 amide bonds. The van der Waals surface area contributed by atoms with Crippen molar-refractivity contribution in [1.82, 2.24) is 4.57 Å². The summed E-state index contributed by atoms with van der Waals surface area (Å²) >= 11 is 0. The Kier molecular flexibility index (Phi) is 6.23. The Morgan fingerprint density at radius 3 is 2.40 bits per heavy atom. The van der Waals surface area contributed by atoms with Crippen LogP contribution in [0.1, 0.15) is 12.8 Å². The molecule has 0 radical (unpaired) electrons. The zero-order valence-electron chi connectivity index (χ0n) is 17.5. The lowest BCUT2D eigenvalue weighted by molar-refractivity contribution is 0.146. The topological polar surface area (TPSA) is 52.9 Å². The van der Waals surface area contributed by atoms with Gasteiger partial charge in [0.1, 0.15) is 24.2 Å². The van der Waals surface area contributed by atoms with Crippen LogP contribution in [0, 0.1) is 0 Å². The third-order valence-electron chi connectivity index (χ3n) is 5.60. The molecule has 30 heavy (non-hydrogen) atoms. The molecule has 0 unspecified atom stereocenters. The molecule has 1 aliphatic heterocycles. The first-order valence-electron chi connectivity index (χ1n) is 10.4. The van der Waals surface area contributed by atoms with Crippen LogP contribution >= 0.6 is 0 Å². The minimum absolute atomic E-state index is 0.0230. The number of aromatic nitrogens is 1. The maximum Gasteiger partial charge on any atom is 0.252 e. The second kappa shape index (κ2) is 9.22. The van der Waals surface area contributed by atoms with Crippen LogP contribution in [0.4, 0.5) is 5.69 Å². The predicted octanol–water partition coefficient (Wildman–Crippen LogP) is 3.61. The van der Waals surface area contributed by atoms with Crippen molar-refractivity contribution in [1.29, 1.82) is 0 Å². The van der Waals surface area contributed by atoms with E-state index >= 15 is 0 Å². The van der Waals surface area contributed by atoms with Gasteiger partial charge in [-0.2, -0.15) is 0 Å². The third-order valence-corrected chi connectivity index (χ3v) is 5.60. The highest BCUT2D eigenvalue weighted by atomic mass is 16.5. The van der Waals surface area contributed by atoms with Crippen LogP contribution in [0.25, 0.3) is 10.9 Å². The molecule has 3 aromatic rings. The second-order valence-electron chi connectivity index (χ2n) is 7.56. The van der Waals surface area contributed by atoms with Gasteiger partial charge in [-0.25, -0.2) is 0 Å². The number of anilines is 1. The molecule has 2 heterocycles. The molecule has 0 saturated carbocycles. The highest BCUT2D eigenvalue weighted by Gasteiger charge is 2.22. The molecule has 1 fully saturated rings. The lowest BCUT2D eigenvalue weighted by Gasteiger charge is -2.34. The number of piperidine rings is 1. The quantitative estimate of drug-likeness (QED) is 0.559. The van der Waals surface area contributed by atoms with Gasteiger partial charge >= 0.3 is 0 Å². The van der Waals surface area contributed by atoms with Crippen LogP contribution in [0.5, 0.6) is 11.5 Å². The normalized spacial score (nSPS) is 14.8. The highest BCUT2D eigenvalue weighted by Crippen LogP contribution is 2.29. The van der Waals surface area contributed by atoms with Crippen molar-refractivity contribution in [3.05, 3.63) is 65.0 Å². The summed E-state index contributed by atoms with van der Waals surface area (Å²) in [7, 11) is 3.48. The van der Waals surface area contributed by atoms with Gasteiger partial charge in [-0.05, 0) is 30.3 Å². The lowest BCUT2D eigenvalue weighted by atomic mass is 10.1. The summed E-state index contributed by atoms with van der Waals surface area (Å²) in [6, 6.07) is 17.6. The Morgan fingerprint density at radius 2 is 1.67 bits per heavy atom. The molecule has 0 N–H and O–H groups in total. The number of pyridine rings is 1. The van der Waals surface area contributed by atoms with Crippen LogP contribution in [0.15, 0.2) is 59.4 Å². The van der Waals surface area contributed by atoms with Crippen LogP contribution in [-0.4, -0.2) is 44.1 Å². The molecule has 1 aromatic heterocycles. The standard InChI is InChI=1S/C24H28N2O4/c1-25-22-6-4-3-5-21(22)23(17-24(25)27)26-13-11-20(12-14-26)30-19-9-7-18(8-10-19)29-16-15-28-2/h3-10,17,20H,11-16H2,1-2H3. The molecule has 2 aromatic carbocycles. The Balaban J connectivity index is 1.38. The van der Waals surface area contributed by atoms with Crippen LogP contribution in [0.2, 0.25) is 0 Å². The number of nitrogens with zero attached hydrogens (tertiary/aromatic N) is 2. The van der Waals surface area contributed by atoms with Gasteiger partial charge in [0.2, 0.25) is 0 Å². The Morgan fingerprint density at radius 1 is 0.967 bits per heavy atom. The molecule has 6 heteroatoms. The van der Waals surface area contributed by atoms with E-state index in [2.05, 4.69) is 11.0 Å². The number of fused-ring (bicyclic) bond motifs is 1. The fourth-order valence-electron chi connectivity index (χ4n) is 3.92. The summed E-state index contributed by atoms with van der Waals surface area (Å²) in [5, 5.41) is 1.11. The Hall–Kier alpha value is -2.99. The maximum atomic E-state index is 12.4. The molecule has 1 aliphatic rings. The van der Waals surface area contributed by atoms with Crippen LogP contribution in [-0.2, 0) is 11.8 Å². The van der Waals surface area contributed by atoms with E-state index in [1.807, 2.05) is 49.5 Å². The molecule has 0 bridgehead atoms. The molecule has 0 atom stereocenters. The minimum Gasteiger partial charge on any atom is -0.491 e. The van der Waals surface area contributed by atoms with Gasteiger partial charge in [-0.15, -0.1) is 0 Å². The third kappa shape index (κ3) is 4.44. The number of aryl methyl sites for hydroxylation is 1. The molecule has 6 nitrogen and oxygen atoms in total. The molecule has 4 rings (SSSR count). The van der Waals surface area contributed by atoms with Crippen molar-refractivity contribution in [2.45, 2.75) is 18.9 Å². The SMILES string of the molecule is COCCOc1ccc(OC2CCN(c3cc(=O)n(C)c4ccccc34)CC2)cc1. The van der Waals surface area contributed by atoms with E-state index in [9.17, 15) is 4.79 Å². The molecule has 1 saturated heterocycles. The largest absolute Gasteiger partial charge is 0.491 e. The number of benzene rings is 2. The number of para-hydroxylation sites is 1. The first-order valence-corrected chi connectivity index (χ1v) is 10.4. The van der Waals surface area contributed by atoms with Crippen molar-refractivity contribution in [2.75, 3.05) is 38.3 Å². The molecule has 0 aliphatic carbocycles. The van der Waals surface area contributed by atoms with E-state index in [0.717, 1.165) is 54.0 Å². The monoisotopic (exact) mass is 408 g/mol. The van der Waals surface area contributed by atoms with Crippen molar-refractivity contribution in [3.8, 4) is 11.5 Å². The molecule has 158 valence electrons. The summed E-state index contributed by atoms with van der Waals surface area (Å²) < 4.78 is 18.5. The average molecular weight is 408 g/mol. The van der Waals surface area contributed by atoms with E-state index in [0.29, 0.717) is 13.2 Å². The highest BCUT2D eigenvalue weighted by molar-refractivity contribution is 5.91. The van der Waals surface area contributed by atoms with E-state index in [1.54, 1.807) is 17.7 Å². The second-order valence-corrected chi connectivity index (χ2v) is 7.56. The minimum atomic E-state index is 0.0230. The summed E-state index contributed by atoms with van der Waals surface area (Å²) in [5.41, 5.74) is 2.01. The van der Waals surface area contributed by atoms with Gasteiger partial charge in [-0.3, -0.25) is 4.79 Å². The fraction of sp³-hybridized carbons (Fsp3) is 0.375. The zero-order chi connectivity index (χ0) is 20.9. The van der Waals surface area contributed by atoms with Crippen molar-refractivity contribution < 1.29 is 14.2 Å². The number of ether oxygens (including phenoxy) is 3. The summed E-state index contributed by atoms with van der Waals surface area (Å²) in [6.07, 6.45) is 1.99. The fourth-order valence-corrected chi connectivity index (χ4v) is 3.92. The first kappa shape index (κ1) is 20.3. The molecular weight excluding hydrogens is 380 g/mol. The van der Waals surface area contributed by atoms with Gasteiger partial charge in [0.25, 0.3) is 5.56 Å². The van der Waals surface area contributed by atoms with Crippen molar-refractivity contribution >= 4 is 16.6 Å². The lowest BCUT2D eigenvalue weighted by Crippen LogP contribution is -2.39. The predicted molar refractivity (Wildman–Crippen MR) is 119 cm³/mol. The van der Waals surface area contributed by atoms with Gasteiger partial charge in [0, 0.05) is 51.5 Å². The summed E-state index contributed by atoms with van der Waals surface area (Å²) in [4.78, 5) is 14.7. The number of rotatable bonds is 7. The van der Waals surface area contributed by atoms with E-state index in [-0.39, 0.29) is 11.7 Å².